The maximum atomic E-state index is 12.2. The summed E-state index contributed by atoms with van der Waals surface area (Å²) in [6.45, 7) is 1.42. The first kappa shape index (κ1) is 16.6. The number of aliphatic hydroxyl groups excluding tert-OH is 2. The van der Waals surface area contributed by atoms with E-state index in [1.807, 2.05) is 0 Å². The van der Waals surface area contributed by atoms with Crippen molar-refractivity contribution >= 4 is 11.7 Å². The van der Waals surface area contributed by atoms with Gasteiger partial charge in [-0.25, -0.2) is 4.79 Å². The molecule has 0 radical (unpaired) electrons. The van der Waals surface area contributed by atoms with E-state index in [9.17, 15) is 19.8 Å². The number of aromatic nitrogens is 2. The van der Waals surface area contributed by atoms with E-state index in [0.29, 0.717) is 18.4 Å². The lowest BCUT2D eigenvalue weighted by molar-refractivity contribution is -0.114. The smallest absolute Gasteiger partial charge is 0.349 e. The molecule has 1 aliphatic rings. The van der Waals surface area contributed by atoms with Crippen molar-refractivity contribution < 1.29 is 19.7 Å². The number of methoxy groups -OCH3 is 1. The number of nitrogens with zero attached hydrogens (tertiary/aromatic N) is 2. The number of carbonyl (C=O) groups excluding carboxylic acids is 1. The second kappa shape index (κ2) is 6.99. The number of carbonyl (C=O) groups is 1. The maximum absolute atomic E-state index is 12.2. The zero-order valence-corrected chi connectivity index (χ0v) is 12.7. The van der Waals surface area contributed by atoms with Crippen LogP contribution in [0.3, 0.4) is 0 Å². The van der Waals surface area contributed by atoms with Crippen LogP contribution in [0.1, 0.15) is 31.4 Å². The van der Waals surface area contributed by atoms with Gasteiger partial charge >= 0.3 is 5.69 Å². The first-order chi connectivity index (χ1) is 10.5. The van der Waals surface area contributed by atoms with Crippen molar-refractivity contribution in [2.75, 3.05) is 19.0 Å². The molecule has 1 aliphatic carbocycles. The molecule has 0 aromatic carbocycles. The maximum Gasteiger partial charge on any atom is 0.349 e. The third kappa shape index (κ3) is 3.52. The van der Waals surface area contributed by atoms with Crippen molar-refractivity contribution in [2.24, 2.45) is 5.92 Å². The van der Waals surface area contributed by atoms with E-state index in [2.05, 4.69) is 10.3 Å². The predicted octanol–water partition coefficient (Wildman–Crippen LogP) is -0.348. The van der Waals surface area contributed by atoms with Crippen LogP contribution in [0.25, 0.3) is 0 Å². The van der Waals surface area contributed by atoms with Crippen LogP contribution in [-0.4, -0.2) is 45.5 Å². The van der Waals surface area contributed by atoms with Gasteiger partial charge in [0.25, 0.3) is 0 Å². The van der Waals surface area contributed by atoms with Gasteiger partial charge in [0.15, 0.2) is 0 Å². The highest BCUT2D eigenvalue weighted by molar-refractivity contribution is 5.88. The number of nitrogens with one attached hydrogen (secondary N) is 1. The van der Waals surface area contributed by atoms with Crippen LogP contribution < -0.4 is 11.0 Å². The average Bonchev–Trinajstić information content (AvgIpc) is 2.82. The van der Waals surface area contributed by atoms with E-state index in [0.717, 1.165) is 0 Å². The van der Waals surface area contributed by atoms with Crippen molar-refractivity contribution in [3.05, 3.63) is 22.2 Å². The number of rotatable bonds is 5. The Balaban J connectivity index is 2.35. The van der Waals surface area contributed by atoms with E-state index in [4.69, 9.17) is 4.74 Å². The lowest BCUT2D eigenvalue weighted by Crippen LogP contribution is -2.29. The van der Waals surface area contributed by atoms with Gasteiger partial charge in [-0.1, -0.05) is 0 Å². The summed E-state index contributed by atoms with van der Waals surface area (Å²) >= 11 is 0. The van der Waals surface area contributed by atoms with Crippen molar-refractivity contribution in [3.63, 3.8) is 0 Å². The largest absolute Gasteiger partial charge is 0.396 e. The first-order valence-electron chi connectivity index (χ1n) is 7.13. The lowest BCUT2D eigenvalue weighted by atomic mass is 10.1. The van der Waals surface area contributed by atoms with Gasteiger partial charge in [0.1, 0.15) is 5.82 Å². The topological polar surface area (TPSA) is 114 Å². The molecule has 3 N–H and O–H groups in total. The number of ether oxygens (including phenoxy) is 1. The monoisotopic (exact) mass is 311 g/mol. The highest BCUT2D eigenvalue weighted by atomic mass is 16.5. The molecule has 1 amide bonds. The van der Waals surface area contributed by atoms with Gasteiger partial charge in [-0.2, -0.15) is 4.98 Å². The molecule has 1 aromatic heterocycles. The molecule has 8 heteroatoms. The van der Waals surface area contributed by atoms with Gasteiger partial charge in [0.2, 0.25) is 5.91 Å². The molecule has 1 fully saturated rings. The quantitative estimate of drug-likeness (QED) is 0.685. The fourth-order valence-corrected chi connectivity index (χ4v) is 2.80. The number of hydrogen-bond donors (Lipinski definition) is 3. The van der Waals surface area contributed by atoms with Crippen molar-refractivity contribution in [1.29, 1.82) is 0 Å². The fourth-order valence-electron chi connectivity index (χ4n) is 2.80. The Kier molecular flexibility index (Phi) is 5.28. The van der Waals surface area contributed by atoms with Crippen LogP contribution in [0.4, 0.5) is 5.82 Å². The van der Waals surface area contributed by atoms with Gasteiger partial charge in [-0.15, -0.1) is 0 Å². The van der Waals surface area contributed by atoms with E-state index in [1.165, 1.54) is 18.6 Å². The fraction of sp³-hybridized carbons (Fsp3) is 0.643. The first-order valence-corrected chi connectivity index (χ1v) is 7.13. The molecule has 3 atom stereocenters. The summed E-state index contributed by atoms with van der Waals surface area (Å²) in [6.07, 6.45) is 1.85. The van der Waals surface area contributed by atoms with Crippen LogP contribution in [0, 0.1) is 5.92 Å². The van der Waals surface area contributed by atoms with Crippen LogP contribution in [0.5, 0.6) is 0 Å². The Hall–Kier alpha value is -1.77. The minimum absolute atomic E-state index is 0.116. The van der Waals surface area contributed by atoms with E-state index < -0.39 is 11.8 Å². The Morgan fingerprint density at radius 3 is 2.82 bits per heavy atom. The summed E-state index contributed by atoms with van der Waals surface area (Å²) in [6, 6.07) is -0.228. The van der Waals surface area contributed by atoms with Gasteiger partial charge in [-0.05, 0) is 12.8 Å². The van der Waals surface area contributed by atoms with Gasteiger partial charge in [-0.3, -0.25) is 9.36 Å². The highest BCUT2D eigenvalue weighted by Crippen LogP contribution is 2.34. The van der Waals surface area contributed by atoms with Crippen molar-refractivity contribution in [1.82, 2.24) is 9.55 Å². The number of hydrogen-bond acceptors (Lipinski definition) is 6. The minimum atomic E-state index is -0.636. The molecule has 0 unspecified atom stereocenters. The molecule has 22 heavy (non-hydrogen) atoms. The molecule has 0 bridgehead atoms. The van der Waals surface area contributed by atoms with Gasteiger partial charge in [0.05, 0.1) is 12.7 Å². The minimum Gasteiger partial charge on any atom is -0.396 e. The summed E-state index contributed by atoms with van der Waals surface area (Å²) in [4.78, 5) is 27.3. The second-order valence-electron chi connectivity index (χ2n) is 5.55. The van der Waals surface area contributed by atoms with Crippen LogP contribution in [-0.2, 0) is 16.1 Å². The molecule has 8 nitrogen and oxygen atoms in total. The summed E-state index contributed by atoms with van der Waals surface area (Å²) in [5.74, 6) is -0.371. The van der Waals surface area contributed by atoms with Crippen LogP contribution >= 0.6 is 0 Å². The Bertz CT molecular complexity index is 601. The molecular formula is C14H21N3O5. The normalized spacial score (nSPS) is 24.5. The van der Waals surface area contributed by atoms with Gasteiger partial charge < -0.3 is 20.3 Å². The Labute approximate surface area is 127 Å². The Morgan fingerprint density at radius 1 is 1.55 bits per heavy atom. The lowest BCUT2D eigenvalue weighted by Gasteiger charge is -2.16. The van der Waals surface area contributed by atoms with E-state index >= 15 is 0 Å². The molecule has 0 saturated heterocycles. The summed E-state index contributed by atoms with van der Waals surface area (Å²) < 4.78 is 6.52. The molecule has 1 saturated carbocycles. The number of aliphatic hydroxyl groups is 2. The van der Waals surface area contributed by atoms with Crippen LogP contribution in [0.2, 0.25) is 0 Å². The molecule has 1 heterocycles. The summed E-state index contributed by atoms with van der Waals surface area (Å²) in [7, 11) is 1.51. The third-order valence-corrected chi connectivity index (χ3v) is 3.88. The second-order valence-corrected chi connectivity index (χ2v) is 5.55. The third-order valence-electron chi connectivity index (χ3n) is 3.88. The highest BCUT2D eigenvalue weighted by Gasteiger charge is 2.34. The van der Waals surface area contributed by atoms with E-state index in [-0.39, 0.29) is 36.9 Å². The van der Waals surface area contributed by atoms with Crippen LogP contribution in [0.15, 0.2) is 11.0 Å². The number of amides is 1. The van der Waals surface area contributed by atoms with Crippen molar-refractivity contribution in [2.45, 2.75) is 38.5 Å². The Morgan fingerprint density at radius 2 is 2.27 bits per heavy atom. The zero-order chi connectivity index (χ0) is 16.3. The molecule has 1 aromatic rings. The standard InChI is InChI=1S/C14H21N3O5/c1-8(19)15-13-10(7-22-2)5-17(14(21)16-13)11-3-9(6-18)12(20)4-11/h5,9,11-12,18,20H,3-4,6-7H2,1-2H3,(H,15,16,19,21)/t9-,11-,12+/m1/s1. The van der Waals surface area contributed by atoms with Gasteiger partial charge in [0, 0.05) is 44.4 Å². The summed E-state index contributed by atoms with van der Waals surface area (Å²) in [5, 5.41) is 21.6. The number of anilines is 1. The van der Waals surface area contributed by atoms with E-state index in [1.54, 1.807) is 6.20 Å². The predicted molar refractivity (Wildman–Crippen MR) is 78.4 cm³/mol. The average molecular weight is 311 g/mol. The molecular weight excluding hydrogens is 290 g/mol. The molecule has 0 spiro atoms. The van der Waals surface area contributed by atoms with Crippen molar-refractivity contribution in [3.8, 4) is 0 Å². The SMILES string of the molecule is COCc1cn([C@@H]2C[C@H](CO)[C@@H](O)C2)c(=O)nc1NC(C)=O. The zero-order valence-electron chi connectivity index (χ0n) is 12.7. The molecule has 122 valence electrons. The molecule has 2 rings (SSSR count). The summed E-state index contributed by atoms with van der Waals surface area (Å²) in [5.41, 5.74) is 0.0821. The molecule has 0 aliphatic heterocycles.